The molecule has 2 aliphatic carbocycles. The highest BCUT2D eigenvalue weighted by Crippen LogP contribution is 2.53. The Balaban J connectivity index is 0.935. The van der Waals surface area contributed by atoms with E-state index < -0.39 is 0 Å². The van der Waals surface area contributed by atoms with E-state index in [0.29, 0.717) is 0 Å². The van der Waals surface area contributed by atoms with Crippen molar-refractivity contribution in [3.63, 3.8) is 0 Å². The van der Waals surface area contributed by atoms with E-state index in [1.165, 1.54) is 93.5 Å². The van der Waals surface area contributed by atoms with E-state index in [9.17, 15) is 0 Å². The molecule has 14 rings (SSSR count). The number of nitrogens with zero attached hydrogens (tertiary/aromatic N) is 1. The largest absolute Gasteiger partial charge is 0.455 e. The second-order valence-corrected chi connectivity index (χ2v) is 20.0. The number of para-hydroxylation sites is 2. The molecule has 0 atom stereocenters. The summed E-state index contributed by atoms with van der Waals surface area (Å²) in [6.45, 7) is 9.48. The predicted octanol–water partition coefficient (Wildman–Crippen LogP) is 18.5. The monoisotopic (exact) mass is 869 g/mol. The third-order valence-electron chi connectivity index (χ3n) is 15.7. The van der Waals surface area contributed by atoms with Crippen molar-refractivity contribution in [1.29, 1.82) is 0 Å². The Kier molecular flexibility index (Phi) is 8.12. The second-order valence-electron chi connectivity index (χ2n) is 20.0. The number of fused-ring (bicyclic) bond motifs is 14. The second kappa shape index (κ2) is 14.2. The summed E-state index contributed by atoms with van der Waals surface area (Å²) >= 11 is 0. The number of furan rings is 1. The van der Waals surface area contributed by atoms with Gasteiger partial charge >= 0.3 is 0 Å². The normalized spacial score (nSPS) is 14.1. The Labute approximate surface area is 396 Å². The van der Waals surface area contributed by atoms with Gasteiger partial charge in [-0.2, -0.15) is 0 Å². The van der Waals surface area contributed by atoms with Crippen molar-refractivity contribution in [3.05, 3.63) is 235 Å². The molecular weight excluding hydrogens is 823 g/mol. The first-order valence-electron chi connectivity index (χ1n) is 23.9. The fraction of sp³-hybridized carbons (Fsp3) is 0.0909. The zero-order valence-electron chi connectivity index (χ0n) is 38.6. The zero-order valence-corrected chi connectivity index (χ0v) is 38.6. The summed E-state index contributed by atoms with van der Waals surface area (Å²) in [5.74, 6) is 0. The molecule has 0 saturated heterocycles. The highest BCUT2D eigenvalue weighted by atomic mass is 16.3. The molecule has 2 heteroatoms. The Bertz CT molecular complexity index is 3980. The topological polar surface area (TPSA) is 16.4 Å². The van der Waals surface area contributed by atoms with Crippen molar-refractivity contribution in [2.45, 2.75) is 38.5 Å². The Morgan fingerprint density at radius 3 is 1.34 bits per heavy atom. The third-order valence-corrected chi connectivity index (χ3v) is 15.7. The van der Waals surface area contributed by atoms with Gasteiger partial charge in [0.2, 0.25) is 0 Å². The van der Waals surface area contributed by atoms with Gasteiger partial charge in [-0.25, -0.2) is 0 Å². The number of anilines is 3. The van der Waals surface area contributed by atoms with Crippen molar-refractivity contribution in [2.24, 2.45) is 0 Å². The van der Waals surface area contributed by atoms with Crippen LogP contribution < -0.4 is 4.90 Å². The maximum atomic E-state index is 6.63. The Morgan fingerprint density at radius 2 is 0.735 bits per heavy atom. The van der Waals surface area contributed by atoms with Gasteiger partial charge in [-0.1, -0.05) is 185 Å². The highest BCUT2D eigenvalue weighted by Gasteiger charge is 2.38. The number of hydrogen-bond acceptors (Lipinski definition) is 2. The van der Waals surface area contributed by atoms with Crippen LogP contribution in [0.1, 0.15) is 49.9 Å². The molecule has 0 bridgehead atoms. The van der Waals surface area contributed by atoms with Crippen LogP contribution in [0.4, 0.5) is 17.1 Å². The van der Waals surface area contributed by atoms with Crippen LogP contribution in [0.15, 0.2) is 217 Å². The van der Waals surface area contributed by atoms with Gasteiger partial charge in [0, 0.05) is 44.2 Å². The maximum absolute atomic E-state index is 6.63. The molecule has 2 aliphatic rings. The third kappa shape index (κ3) is 5.46. The molecule has 0 aliphatic heterocycles. The Hall–Kier alpha value is -8.20. The van der Waals surface area contributed by atoms with Gasteiger partial charge in [0.15, 0.2) is 0 Å². The molecule has 0 saturated carbocycles. The van der Waals surface area contributed by atoms with Crippen LogP contribution in [0.5, 0.6) is 0 Å². The molecule has 1 heterocycles. The Morgan fingerprint density at radius 1 is 0.294 bits per heavy atom. The predicted molar refractivity (Wildman–Crippen MR) is 287 cm³/mol. The summed E-state index contributed by atoms with van der Waals surface area (Å²) in [4.78, 5) is 2.47. The summed E-state index contributed by atoms with van der Waals surface area (Å²) in [5, 5.41) is 9.66. The fourth-order valence-corrected chi connectivity index (χ4v) is 12.3. The summed E-state index contributed by atoms with van der Waals surface area (Å²) in [6, 6.07) is 78.9. The van der Waals surface area contributed by atoms with E-state index in [4.69, 9.17) is 4.42 Å². The summed E-state index contributed by atoms with van der Waals surface area (Å²) in [7, 11) is 0. The van der Waals surface area contributed by atoms with E-state index in [-0.39, 0.29) is 10.8 Å². The molecule has 0 N–H and O–H groups in total. The lowest BCUT2D eigenvalue weighted by Crippen LogP contribution is -2.18. The SMILES string of the molecule is CC1(C)c2ccccc2-c2ccc(N(c3ccc(-c4cc5c6ccccc6c(-c6cccc7c6oc6ccccc67)cc5c5ccccc45)cc3)c3ccc4c(c3)C(C)(C)c3ccccc3-4)cc21. The molecule has 2 nitrogen and oxygen atoms in total. The van der Waals surface area contributed by atoms with Crippen molar-refractivity contribution in [3.8, 4) is 44.5 Å². The molecule has 1 aromatic heterocycles. The molecule has 0 spiro atoms. The average molecular weight is 870 g/mol. The van der Waals surface area contributed by atoms with Gasteiger partial charge < -0.3 is 9.32 Å². The van der Waals surface area contributed by atoms with Gasteiger partial charge in [0.1, 0.15) is 11.2 Å². The highest BCUT2D eigenvalue weighted by molar-refractivity contribution is 6.25. The molecule has 0 unspecified atom stereocenters. The van der Waals surface area contributed by atoms with E-state index in [2.05, 4.69) is 239 Å². The van der Waals surface area contributed by atoms with Gasteiger partial charge in [-0.3, -0.25) is 0 Å². The van der Waals surface area contributed by atoms with Crippen LogP contribution in [0.3, 0.4) is 0 Å². The van der Waals surface area contributed by atoms with Crippen molar-refractivity contribution >= 4 is 71.3 Å². The van der Waals surface area contributed by atoms with Crippen LogP contribution in [-0.4, -0.2) is 0 Å². The van der Waals surface area contributed by atoms with Crippen LogP contribution >= 0.6 is 0 Å². The lowest BCUT2D eigenvalue weighted by Gasteiger charge is -2.30. The minimum absolute atomic E-state index is 0.123. The molecule has 68 heavy (non-hydrogen) atoms. The van der Waals surface area contributed by atoms with E-state index >= 15 is 0 Å². The molecule has 322 valence electrons. The minimum Gasteiger partial charge on any atom is -0.455 e. The van der Waals surface area contributed by atoms with Gasteiger partial charge in [-0.15, -0.1) is 0 Å². The summed E-state index contributed by atoms with van der Waals surface area (Å²) < 4.78 is 6.63. The fourth-order valence-electron chi connectivity index (χ4n) is 12.3. The number of hydrogen-bond donors (Lipinski definition) is 0. The zero-order chi connectivity index (χ0) is 45.5. The average Bonchev–Trinajstić information content (AvgIpc) is 3.96. The lowest BCUT2D eigenvalue weighted by molar-refractivity contribution is 0.660. The summed E-state index contributed by atoms with van der Waals surface area (Å²) in [5.41, 5.74) is 20.5. The van der Waals surface area contributed by atoms with Gasteiger partial charge in [0.25, 0.3) is 0 Å². The quantitative estimate of drug-likeness (QED) is 0.160. The van der Waals surface area contributed by atoms with Gasteiger partial charge in [-0.05, 0) is 148 Å². The minimum atomic E-state index is -0.123. The van der Waals surface area contributed by atoms with Crippen LogP contribution in [0.2, 0.25) is 0 Å². The molecule has 11 aromatic carbocycles. The molecule has 12 aromatic rings. The van der Waals surface area contributed by atoms with Crippen LogP contribution in [-0.2, 0) is 10.8 Å². The first kappa shape index (κ1) is 39.0. The first-order chi connectivity index (χ1) is 33.2. The molecular formula is C66H47NO. The van der Waals surface area contributed by atoms with E-state index in [1.54, 1.807) is 0 Å². The van der Waals surface area contributed by atoms with Crippen LogP contribution in [0, 0.1) is 0 Å². The molecule has 0 radical (unpaired) electrons. The van der Waals surface area contributed by atoms with Crippen molar-refractivity contribution < 1.29 is 4.42 Å². The smallest absolute Gasteiger partial charge is 0.143 e. The van der Waals surface area contributed by atoms with Crippen LogP contribution in [0.25, 0.3) is 98.8 Å². The maximum Gasteiger partial charge on any atom is 0.143 e. The van der Waals surface area contributed by atoms with E-state index in [0.717, 1.165) is 44.6 Å². The first-order valence-corrected chi connectivity index (χ1v) is 23.9. The number of benzene rings is 11. The van der Waals surface area contributed by atoms with Crippen molar-refractivity contribution in [1.82, 2.24) is 0 Å². The standard InChI is InChI=1S/C66H47NO/c1-65(2)59-25-12-9-20-48(59)50-34-32-42(36-61(50)65)67(43-33-35-51-49-21-10-13-26-60(49)66(3,4)62(51)37-43)41-30-28-40(29-31-41)55-38-57-47-19-8-7-18-46(47)56(39-58(57)45-17-6-5-16-44(45)55)54-24-15-23-53-52-22-11-14-27-63(52)68-64(53)54/h5-39H,1-4H3. The summed E-state index contributed by atoms with van der Waals surface area (Å²) in [6.07, 6.45) is 0. The lowest BCUT2D eigenvalue weighted by atomic mass is 9.82. The van der Waals surface area contributed by atoms with Crippen molar-refractivity contribution in [2.75, 3.05) is 4.90 Å². The molecule has 0 fully saturated rings. The van der Waals surface area contributed by atoms with Gasteiger partial charge in [0.05, 0.1) is 0 Å². The number of rotatable bonds is 5. The molecule has 0 amide bonds. The van der Waals surface area contributed by atoms with E-state index in [1.807, 2.05) is 6.07 Å².